The Balaban J connectivity index is 1.95. The Morgan fingerprint density at radius 1 is 1.20 bits per heavy atom. The van der Waals surface area contributed by atoms with Gasteiger partial charge in [0.2, 0.25) is 5.88 Å². The summed E-state index contributed by atoms with van der Waals surface area (Å²) < 4.78 is 5.29. The molecule has 1 aromatic carbocycles. The average Bonchev–Trinajstić information content (AvgIpc) is 2.53. The van der Waals surface area contributed by atoms with Crippen LogP contribution in [0.2, 0.25) is 0 Å². The van der Waals surface area contributed by atoms with Crippen molar-refractivity contribution in [2.75, 3.05) is 7.11 Å². The molecule has 1 unspecified atom stereocenters. The lowest BCUT2D eigenvalue weighted by Gasteiger charge is -2.18. The lowest BCUT2D eigenvalue weighted by Crippen LogP contribution is -2.28. The van der Waals surface area contributed by atoms with Crippen LogP contribution in [-0.4, -0.2) is 12.1 Å². The highest BCUT2D eigenvalue weighted by atomic mass is 16.5. The number of nitrogens with zero attached hydrogens (tertiary/aromatic N) is 1. The number of nitrogens with two attached hydrogens (primary N) is 1. The van der Waals surface area contributed by atoms with E-state index in [0.717, 1.165) is 24.8 Å². The molecule has 106 valence electrons. The molecule has 4 heteroatoms. The molecule has 0 aliphatic heterocycles. The molecule has 2 aromatic rings. The topological polar surface area (TPSA) is 60.2 Å². The zero-order chi connectivity index (χ0) is 14.2. The molecule has 2 rings (SSSR count). The summed E-state index contributed by atoms with van der Waals surface area (Å²) in [5, 5.41) is 0. The van der Waals surface area contributed by atoms with Crippen molar-refractivity contribution in [3.8, 4) is 5.88 Å². The van der Waals surface area contributed by atoms with Crippen LogP contribution in [0, 0.1) is 0 Å². The standard InChI is InChI=1S/C16H21N3O/c1-20-16-14(10-6-12-18-16)15(19-17)11-5-9-13-7-3-2-4-8-13/h2-4,6-8,10,12,15,19H,5,9,11,17H2,1H3. The minimum atomic E-state index is 0.0577. The fourth-order valence-electron chi connectivity index (χ4n) is 2.32. The Morgan fingerprint density at radius 2 is 2.00 bits per heavy atom. The second kappa shape index (κ2) is 7.62. The van der Waals surface area contributed by atoms with Crippen LogP contribution in [0.4, 0.5) is 0 Å². The van der Waals surface area contributed by atoms with Gasteiger partial charge in [-0.3, -0.25) is 11.3 Å². The van der Waals surface area contributed by atoms with Crippen LogP contribution in [0.3, 0.4) is 0 Å². The fraction of sp³-hybridized carbons (Fsp3) is 0.312. The SMILES string of the molecule is COc1ncccc1C(CCCc1ccccc1)NN. The summed E-state index contributed by atoms with van der Waals surface area (Å²) in [6, 6.07) is 14.4. The minimum absolute atomic E-state index is 0.0577. The molecule has 0 aliphatic carbocycles. The summed E-state index contributed by atoms with van der Waals surface area (Å²) in [4.78, 5) is 4.21. The Kier molecular flexibility index (Phi) is 5.53. The van der Waals surface area contributed by atoms with Crippen molar-refractivity contribution in [3.05, 3.63) is 59.8 Å². The van der Waals surface area contributed by atoms with E-state index in [1.54, 1.807) is 13.3 Å². The van der Waals surface area contributed by atoms with Crippen LogP contribution in [0.5, 0.6) is 5.88 Å². The van der Waals surface area contributed by atoms with E-state index in [9.17, 15) is 0 Å². The van der Waals surface area contributed by atoms with Crippen LogP contribution in [0.15, 0.2) is 48.7 Å². The first-order chi connectivity index (χ1) is 9.85. The Hall–Kier alpha value is -1.91. The second-order valence-electron chi connectivity index (χ2n) is 4.70. The minimum Gasteiger partial charge on any atom is -0.481 e. The third-order valence-electron chi connectivity index (χ3n) is 3.37. The number of hydrogen-bond donors (Lipinski definition) is 2. The molecule has 4 nitrogen and oxygen atoms in total. The predicted molar refractivity (Wildman–Crippen MR) is 80.2 cm³/mol. The number of pyridine rings is 1. The van der Waals surface area contributed by atoms with Gasteiger partial charge in [-0.2, -0.15) is 0 Å². The predicted octanol–water partition coefficient (Wildman–Crippen LogP) is 2.62. The van der Waals surface area contributed by atoms with Crippen molar-refractivity contribution in [2.45, 2.75) is 25.3 Å². The quantitative estimate of drug-likeness (QED) is 0.600. The number of rotatable bonds is 7. The Morgan fingerprint density at radius 3 is 2.70 bits per heavy atom. The van der Waals surface area contributed by atoms with Crippen molar-refractivity contribution in [1.82, 2.24) is 10.4 Å². The lowest BCUT2D eigenvalue weighted by atomic mass is 10.0. The molecule has 0 bridgehead atoms. The van der Waals surface area contributed by atoms with Gasteiger partial charge in [0.25, 0.3) is 0 Å². The summed E-state index contributed by atoms with van der Waals surface area (Å²) in [6.45, 7) is 0. The third-order valence-corrected chi connectivity index (χ3v) is 3.37. The summed E-state index contributed by atoms with van der Waals surface area (Å²) >= 11 is 0. The number of hydrogen-bond acceptors (Lipinski definition) is 4. The molecule has 0 amide bonds. The maximum absolute atomic E-state index is 5.67. The van der Waals surface area contributed by atoms with E-state index in [-0.39, 0.29) is 6.04 Å². The van der Waals surface area contributed by atoms with Crippen molar-refractivity contribution >= 4 is 0 Å². The number of nitrogens with one attached hydrogen (secondary N) is 1. The van der Waals surface area contributed by atoms with Gasteiger partial charge in [-0.05, 0) is 30.9 Å². The number of methoxy groups -OCH3 is 1. The molecular formula is C16H21N3O. The van der Waals surface area contributed by atoms with Gasteiger partial charge in [0, 0.05) is 11.8 Å². The van der Waals surface area contributed by atoms with Crippen LogP contribution < -0.4 is 16.0 Å². The van der Waals surface area contributed by atoms with E-state index in [0.29, 0.717) is 5.88 Å². The smallest absolute Gasteiger partial charge is 0.217 e. The molecule has 3 N–H and O–H groups in total. The summed E-state index contributed by atoms with van der Waals surface area (Å²) in [5.41, 5.74) is 5.21. The van der Waals surface area contributed by atoms with Crippen LogP contribution >= 0.6 is 0 Å². The van der Waals surface area contributed by atoms with Crippen LogP contribution in [0.1, 0.15) is 30.0 Å². The van der Waals surface area contributed by atoms with Gasteiger partial charge in [0.15, 0.2) is 0 Å². The molecule has 0 fully saturated rings. The van der Waals surface area contributed by atoms with E-state index < -0.39 is 0 Å². The van der Waals surface area contributed by atoms with E-state index in [2.05, 4.69) is 34.7 Å². The van der Waals surface area contributed by atoms with E-state index >= 15 is 0 Å². The van der Waals surface area contributed by atoms with Gasteiger partial charge in [-0.1, -0.05) is 36.4 Å². The van der Waals surface area contributed by atoms with E-state index in [4.69, 9.17) is 10.6 Å². The number of ether oxygens (including phenoxy) is 1. The maximum Gasteiger partial charge on any atom is 0.217 e. The van der Waals surface area contributed by atoms with E-state index in [1.165, 1.54) is 5.56 Å². The molecule has 0 saturated heterocycles. The summed E-state index contributed by atoms with van der Waals surface area (Å²) in [6.07, 6.45) is 4.76. The van der Waals surface area contributed by atoms with Gasteiger partial charge in [0.1, 0.15) is 0 Å². The third kappa shape index (κ3) is 3.79. The van der Waals surface area contributed by atoms with Crippen molar-refractivity contribution in [2.24, 2.45) is 5.84 Å². The maximum atomic E-state index is 5.67. The Bertz CT molecular complexity index is 516. The first-order valence-corrected chi connectivity index (χ1v) is 6.84. The number of benzene rings is 1. The zero-order valence-corrected chi connectivity index (χ0v) is 11.8. The monoisotopic (exact) mass is 271 g/mol. The van der Waals surface area contributed by atoms with Gasteiger partial charge >= 0.3 is 0 Å². The molecule has 0 aliphatic rings. The van der Waals surface area contributed by atoms with Crippen LogP contribution in [-0.2, 0) is 6.42 Å². The largest absolute Gasteiger partial charge is 0.481 e. The van der Waals surface area contributed by atoms with Crippen molar-refractivity contribution in [1.29, 1.82) is 0 Å². The van der Waals surface area contributed by atoms with Gasteiger partial charge in [0.05, 0.1) is 13.2 Å². The fourth-order valence-corrected chi connectivity index (χ4v) is 2.32. The average molecular weight is 271 g/mol. The normalized spacial score (nSPS) is 12.1. The summed E-state index contributed by atoms with van der Waals surface area (Å²) in [7, 11) is 1.63. The Labute approximate surface area is 120 Å². The molecule has 1 heterocycles. The second-order valence-corrected chi connectivity index (χ2v) is 4.70. The molecular weight excluding hydrogens is 250 g/mol. The van der Waals surface area contributed by atoms with Gasteiger partial charge in [-0.25, -0.2) is 4.98 Å². The van der Waals surface area contributed by atoms with Crippen molar-refractivity contribution < 1.29 is 4.74 Å². The van der Waals surface area contributed by atoms with Crippen LogP contribution in [0.25, 0.3) is 0 Å². The number of hydrazine groups is 1. The zero-order valence-electron chi connectivity index (χ0n) is 11.8. The first kappa shape index (κ1) is 14.5. The summed E-state index contributed by atoms with van der Waals surface area (Å²) in [5.74, 6) is 6.31. The molecule has 0 spiro atoms. The van der Waals surface area contributed by atoms with Gasteiger partial charge < -0.3 is 4.74 Å². The molecule has 1 aromatic heterocycles. The number of aromatic nitrogens is 1. The number of aryl methyl sites for hydroxylation is 1. The molecule has 20 heavy (non-hydrogen) atoms. The van der Waals surface area contributed by atoms with Gasteiger partial charge in [-0.15, -0.1) is 0 Å². The highest BCUT2D eigenvalue weighted by Gasteiger charge is 2.14. The highest BCUT2D eigenvalue weighted by molar-refractivity contribution is 5.28. The lowest BCUT2D eigenvalue weighted by molar-refractivity contribution is 0.378. The highest BCUT2D eigenvalue weighted by Crippen LogP contribution is 2.25. The molecule has 0 radical (unpaired) electrons. The molecule has 0 saturated carbocycles. The molecule has 1 atom stereocenters. The first-order valence-electron chi connectivity index (χ1n) is 6.84. The van der Waals surface area contributed by atoms with Crippen molar-refractivity contribution in [3.63, 3.8) is 0 Å². The van der Waals surface area contributed by atoms with E-state index in [1.807, 2.05) is 18.2 Å².